The molecular formula is C14H15ClFNO3S. The van der Waals surface area contributed by atoms with Crippen LogP contribution in [0.2, 0.25) is 5.02 Å². The first kappa shape index (κ1) is 16.1. The van der Waals surface area contributed by atoms with Gasteiger partial charge in [0.25, 0.3) is 0 Å². The lowest BCUT2D eigenvalue weighted by Crippen LogP contribution is -2.39. The molecule has 1 unspecified atom stereocenters. The Morgan fingerprint density at radius 3 is 2.62 bits per heavy atom. The Morgan fingerprint density at radius 2 is 2.05 bits per heavy atom. The molecule has 4 nitrogen and oxygen atoms in total. The van der Waals surface area contributed by atoms with Gasteiger partial charge < -0.3 is 10.0 Å². The Morgan fingerprint density at radius 1 is 1.38 bits per heavy atom. The summed E-state index contributed by atoms with van der Waals surface area (Å²) >= 11 is 7.20. The van der Waals surface area contributed by atoms with Crippen LogP contribution in [0.3, 0.4) is 0 Å². The average Bonchev–Trinajstić information content (AvgIpc) is 2.85. The van der Waals surface area contributed by atoms with E-state index in [1.165, 1.54) is 16.7 Å². The van der Waals surface area contributed by atoms with Crippen LogP contribution in [0.5, 0.6) is 0 Å². The largest absolute Gasteiger partial charge is 0.479 e. The molecule has 0 bridgehead atoms. The van der Waals surface area contributed by atoms with Crippen LogP contribution in [-0.2, 0) is 15.3 Å². The minimum atomic E-state index is -2.30. The number of thioether (sulfide) groups is 1. The van der Waals surface area contributed by atoms with Crippen molar-refractivity contribution in [2.45, 2.75) is 17.8 Å². The van der Waals surface area contributed by atoms with Crippen LogP contribution in [0.15, 0.2) is 24.3 Å². The van der Waals surface area contributed by atoms with Crippen molar-refractivity contribution in [1.82, 2.24) is 4.90 Å². The lowest BCUT2D eigenvalue weighted by molar-refractivity contribution is -0.150. The molecule has 2 rings (SSSR count). The van der Waals surface area contributed by atoms with E-state index in [1.54, 1.807) is 12.1 Å². The van der Waals surface area contributed by atoms with E-state index in [1.807, 2.05) is 12.1 Å². The van der Waals surface area contributed by atoms with Gasteiger partial charge in [0.05, 0.1) is 12.3 Å². The lowest BCUT2D eigenvalue weighted by Gasteiger charge is -2.17. The number of hydrogen-bond donors (Lipinski definition) is 1. The molecular weight excluding hydrogens is 317 g/mol. The Kier molecular flexibility index (Phi) is 5.11. The van der Waals surface area contributed by atoms with Crippen molar-refractivity contribution in [1.29, 1.82) is 0 Å². The summed E-state index contributed by atoms with van der Waals surface area (Å²) in [6, 6.07) is 7.33. The van der Waals surface area contributed by atoms with Gasteiger partial charge in [-0.1, -0.05) is 23.7 Å². The van der Waals surface area contributed by atoms with Crippen LogP contribution in [0, 0.1) is 0 Å². The SMILES string of the molecule is O=C(CSCc1ccc(Cl)cc1)N1CCC(F)(C(=O)O)C1. The third-order valence-corrected chi connectivity index (χ3v) is 4.60. The summed E-state index contributed by atoms with van der Waals surface area (Å²) in [4.78, 5) is 24.0. The monoisotopic (exact) mass is 331 g/mol. The third kappa shape index (κ3) is 4.11. The molecule has 7 heteroatoms. The van der Waals surface area contributed by atoms with E-state index in [0.717, 1.165) is 5.56 Å². The van der Waals surface area contributed by atoms with E-state index in [9.17, 15) is 14.0 Å². The van der Waals surface area contributed by atoms with Crippen LogP contribution in [-0.4, -0.2) is 46.4 Å². The number of hydrogen-bond acceptors (Lipinski definition) is 3. The molecule has 114 valence electrons. The highest BCUT2D eigenvalue weighted by Gasteiger charge is 2.46. The lowest BCUT2D eigenvalue weighted by atomic mass is 10.1. The molecule has 1 N–H and O–H groups in total. The van der Waals surface area contributed by atoms with E-state index in [2.05, 4.69) is 0 Å². The van der Waals surface area contributed by atoms with Crippen molar-refractivity contribution in [3.63, 3.8) is 0 Å². The van der Waals surface area contributed by atoms with Gasteiger partial charge in [0, 0.05) is 23.7 Å². The number of aliphatic carboxylic acids is 1. The highest BCUT2D eigenvalue weighted by atomic mass is 35.5. The van der Waals surface area contributed by atoms with Crippen molar-refractivity contribution < 1.29 is 19.1 Å². The Balaban J connectivity index is 1.78. The van der Waals surface area contributed by atoms with E-state index in [4.69, 9.17) is 16.7 Å². The number of rotatable bonds is 5. The summed E-state index contributed by atoms with van der Waals surface area (Å²) in [6.07, 6.45) is -0.143. The van der Waals surface area contributed by atoms with Crippen LogP contribution >= 0.6 is 23.4 Å². The van der Waals surface area contributed by atoms with Crippen LogP contribution in [0.4, 0.5) is 4.39 Å². The maximum atomic E-state index is 13.9. The molecule has 0 aliphatic carbocycles. The Hall–Kier alpha value is -1.27. The molecule has 1 aliphatic rings. The predicted molar refractivity (Wildman–Crippen MR) is 80.3 cm³/mol. The van der Waals surface area contributed by atoms with Gasteiger partial charge in [0.15, 0.2) is 0 Å². The summed E-state index contributed by atoms with van der Waals surface area (Å²) < 4.78 is 13.9. The van der Waals surface area contributed by atoms with Gasteiger partial charge in [-0.3, -0.25) is 4.79 Å². The molecule has 1 aliphatic heterocycles. The maximum Gasteiger partial charge on any atom is 0.343 e. The second kappa shape index (κ2) is 6.66. The van der Waals surface area contributed by atoms with E-state index in [-0.39, 0.29) is 31.2 Å². The normalized spacial score (nSPS) is 21.5. The first-order valence-corrected chi connectivity index (χ1v) is 7.96. The topological polar surface area (TPSA) is 57.6 Å². The Labute approximate surface area is 131 Å². The van der Waals surface area contributed by atoms with Crippen LogP contribution in [0.25, 0.3) is 0 Å². The van der Waals surface area contributed by atoms with Gasteiger partial charge in [-0.15, -0.1) is 11.8 Å². The molecule has 0 saturated carbocycles. The molecule has 21 heavy (non-hydrogen) atoms. The van der Waals surface area contributed by atoms with E-state index in [0.29, 0.717) is 10.8 Å². The molecule has 1 saturated heterocycles. The van der Waals surface area contributed by atoms with Crippen molar-refractivity contribution in [2.75, 3.05) is 18.8 Å². The molecule has 1 heterocycles. The number of benzene rings is 1. The fourth-order valence-corrected chi connectivity index (χ4v) is 3.10. The fourth-order valence-electron chi connectivity index (χ4n) is 2.09. The Bertz CT molecular complexity index is 540. The van der Waals surface area contributed by atoms with Gasteiger partial charge >= 0.3 is 5.97 Å². The van der Waals surface area contributed by atoms with Gasteiger partial charge in [0.1, 0.15) is 0 Å². The molecule has 1 amide bonds. The first-order valence-electron chi connectivity index (χ1n) is 6.43. The first-order chi connectivity index (χ1) is 9.90. The fraction of sp³-hybridized carbons (Fsp3) is 0.429. The summed E-state index contributed by atoms with van der Waals surface area (Å²) in [5, 5.41) is 9.45. The molecule has 0 radical (unpaired) electrons. The van der Waals surface area contributed by atoms with Crippen molar-refractivity contribution in [3.05, 3.63) is 34.9 Å². The number of halogens is 2. The zero-order valence-electron chi connectivity index (χ0n) is 11.2. The standard InChI is InChI=1S/C14H15ClFNO3S/c15-11-3-1-10(2-4-11)7-21-8-12(18)17-6-5-14(16,9-17)13(19)20/h1-4H,5-9H2,(H,19,20). The number of carbonyl (C=O) groups is 2. The highest BCUT2D eigenvalue weighted by Crippen LogP contribution is 2.26. The molecule has 0 aromatic heterocycles. The second-order valence-electron chi connectivity index (χ2n) is 4.96. The number of carboxylic acid groups (broad SMARTS) is 1. The summed E-state index contributed by atoms with van der Waals surface area (Å²) in [7, 11) is 0. The molecule has 1 aromatic carbocycles. The predicted octanol–water partition coefficient (Wildman–Crippen LogP) is 2.60. The summed E-state index contributed by atoms with van der Waals surface area (Å²) in [5.74, 6) is -0.865. The molecule has 1 atom stereocenters. The highest BCUT2D eigenvalue weighted by molar-refractivity contribution is 7.99. The average molecular weight is 332 g/mol. The number of carbonyl (C=O) groups excluding carboxylic acids is 1. The van der Waals surface area contributed by atoms with E-state index >= 15 is 0 Å². The number of nitrogens with zero attached hydrogens (tertiary/aromatic N) is 1. The zero-order valence-corrected chi connectivity index (χ0v) is 12.8. The quantitative estimate of drug-likeness (QED) is 0.901. The molecule has 1 aromatic rings. The van der Waals surface area contributed by atoms with Crippen molar-refractivity contribution in [2.24, 2.45) is 0 Å². The van der Waals surface area contributed by atoms with E-state index < -0.39 is 11.6 Å². The number of likely N-dealkylation sites (tertiary alicyclic amines) is 1. The zero-order chi connectivity index (χ0) is 15.5. The van der Waals surface area contributed by atoms with Crippen molar-refractivity contribution >= 4 is 35.2 Å². The summed E-state index contributed by atoms with van der Waals surface area (Å²) in [5.41, 5.74) is -1.25. The number of carboxylic acids is 1. The minimum absolute atomic E-state index is 0.143. The van der Waals surface area contributed by atoms with Gasteiger partial charge in [-0.05, 0) is 17.7 Å². The third-order valence-electron chi connectivity index (χ3n) is 3.36. The van der Waals surface area contributed by atoms with Crippen molar-refractivity contribution in [3.8, 4) is 0 Å². The molecule has 1 fully saturated rings. The maximum absolute atomic E-state index is 13.9. The summed E-state index contributed by atoms with van der Waals surface area (Å²) in [6.45, 7) is -0.203. The van der Waals surface area contributed by atoms with Gasteiger partial charge in [-0.25, -0.2) is 9.18 Å². The minimum Gasteiger partial charge on any atom is -0.479 e. The molecule has 0 spiro atoms. The number of alkyl halides is 1. The van der Waals surface area contributed by atoms with Gasteiger partial charge in [-0.2, -0.15) is 0 Å². The van der Waals surface area contributed by atoms with Gasteiger partial charge in [0.2, 0.25) is 11.6 Å². The second-order valence-corrected chi connectivity index (χ2v) is 6.38. The number of amides is 1. The smallest absolute Gasteiger partial charge is 0.343 e. The van der Waals surface area contributed by atoms with Crippen LogP contribution < -0.4 is 0 Å². The van der Waals surface area contributed by atoms with Crippen LogP contribution in [0.1, 0.15) is 12.0 Å².